The predicted molar refractivity (Wildman–Crippen MR) is 286 cm³/mol. The molecule has 0 aliphatic carbocycles. The molecule has 2 amide bonds. The van der Waals surface area contributed by atoms with Gasteiger partial charge in [-0.15, -0.1) is 0 Å². The molecule has 0 radical (unpaired) electrons. The number of phenolic OH excluding ortho intramolecular Hbond substituents is 1. The van der Waals surface area contributed by atoms with Crippen LogP contribution in [0, 0.1) is 6.92 Å². The summed E-state index contributed by atoms with van der Waals surface area (Å²) in [5.41, 5.74) is 13.6. The quantitative estimate of drug-likeness (QED) is 0.0513. The number of carboxylic acid groups (broad SMARTS) is 1. The van der Waals surface area contributed by atoms with Gasteiger partial charge in [-0.3, -0.25) is 19.6 Å². The zero-order valence-corrected chi connectivity index (χ0v) is 44.4. The van der Waals surface area contributed by atoms with Crippen molar-refractivity contribution < 1.29 is 86.5 Å². The smallest absolute Gasteiger partial charge is 0.545 e. The number of benzene rings is 5. The number of aromatic nitrogens is 2. The van der Waals surface area contributed by atoms with Crippen LogP contribution in [0.1, 0.15) is 57.4 Å². The van der Waals surface area contributed by atoms with E-state index in [1.807, 2.05) is 49.4 Å². The third-order valence-corrected chi connectivity index (χ3v) is 11.7. The van der Waals surface area contributed by atoms with Crippen molar-refractivity contribution in [1.29, 1.82) is 0 Å². The van der Waals surface area contributed by atoms with Gasteiger partial charge in [0.2, 0.25) is 0 Å². The van der Waals surface area contributed by atoms with Gasteiger partial charge in [-0.1, -0.05) is 54.6 Å². The van der Waals surface area contributed by atoms with Crippen LogP contribution in [0.4, 0.5) is 17.1 Å². The standard InChI is InChI=1S/C25H20N2O4.C23H16N2O5.C12H11NO3.Na/c1-16-7-8-17(19-5-3-11-26-15-19)13-21(16)24(28)27-22-14-18(23-6-4-12-31-23)9-10-20(22)25(29)30-2;26-20-8-6-14(16-3-1-9-24-13-16)11-18(20)22(27)25-19-12-15(21-4-2-10-30-21)5-7-17(19)23(28)29;1-15-12(14)9-5-4-8(7-10(9)13)11-3-2-6-16-11;/h3-15H,1-2H3,(H,27,28);1-13,26H,(H,25,27)(H,28,29);2-7H,13H2,1H3;/q;;;+1/p-1. The number of nitrogen functional groups attached to an aromatic ring is 1. The number of nitrogens with one attached hydrogen (secondary N) is 2. The Morgan fingerprint density at radius 3 is 1.40 bits per heavy atom. The van der Waals surface area contributed by atoms with E-state index in [9.17, 15) is 34.2 Å². The number of aryl methyl sites for hydroxylation is 1. The molecule has 5 aromatic carbocycles. The maximum Gasteiger partial charge on any atom is 1.00 e. The number of methoxy groups -OCH3 is 2. The fourth-order valence-electron chi connectivity index (χ4n) is 7.80. The number of rotatable bonds is 12. The van der Waals surface area contributed by atoms with E-state index in [0.717, 1.165) is 33.4 Å². The number of esters is 2. The maximum atomic E-state index is 13.2. The topological polar surface area (TPSA) is 262 Å². The average Bonchev–Trinajstić information content (AvgIpc) is 4.31. The number of aromatic carboxylic acids is 1. The first-order valence-electron chi connectivity index (χ1n) is 23.4. The molecule has 0 spiro atoms. The number of amides is 2. The molecule has 0 aliphatic heterocycles. The van der Waals surface area contributed by atoms with Crippen LogP contribution in [0.15, 0.2) is 208 Å². The molecular formula is C60H46N5NaO12. The molecule has 0 saturated carbocycles. The van der Waals surface area contributed by atoms with E-state index in [0.29, 0.717) is 50.9 Å². The SMILES string of the molecule is COC(=O)c1ccc(-c2ccco2)cc1N.COC(=O)c1ccc(-c2ccco2)cc1NC(=O)c1cc(-c2cccnc2)ccc1C.O=C(Nc1cc(-c2ccco2)ccc1C(=O)[O-])c1cc(-c2cccnc2)ccc1O.[Na+]. The van der Waals surface area contributed by atoms with E-state index < -0.39 is 23.8 Å². The van der Waals surface area contributed by atoms with Crippen molar-refractivity contribution in [3.8, 4) is 62.0 Å². The van der Waals surface area contributed by atoms with Gasteiger partial charge in [-0.25, -0.2) is 9.59 Å². The first-order chi connectivity index (χ1) is 37.3. The largest absolute Gasteiger partial charge is 1.00 e. The monoisotopic (exact) mass is 1050 g/mol. The molecule has 5 N–H and O–H groups in total. The van der Waals surface area contributed by atoms with Crippen LogP contribution in [0.5, 0.6) is 5.75 Å². The van der Waals surface area contributed by atoms with Crippen LogP contribution in [-0.4, -0.2) is 59.0 Å². The molecule has 0 bridgehead atoms. The Labute approximate surface area is 468 Å². The number of carbonyl (C=O) groups is 5. The van der Waals surface area contributed by atoms with E-state index in [1.54, 1.807) is 122 Å². The zero-order valence-electron chi connectivity index (χ0n) is 42.4. The molecule has 0 saturated heterocycles. The summed E-state index contributed by atoms with van der Waals surface area (Å²) < 4.78 is 25.5. The molecule has 10 rings (SSSR count). The summed E-state index contributed by atoms with van der Waals surface area (Å²) in [5, 5.41) is 27.1. The minimum atomic E-state index is -1.44. The molecule has 5 aromatic heterocycles. The van der Waals surface area contributed by atoms with Gasteiger partial charge in [0.05, 0.1) is 67.0 Å². The Balaban J connectivity index is 0.000000177. The van der Waals surface area contributed by atoms with E-state index in [2.05, 4.69) is 25.3 Å². The predicted octanol–water partition coefficient (Wildman–Crippen LogP) is 8.01. The molecular weight excluding hydrogens is 1010 g/mol. The first kappa shape index (κ1) is 55.9. The number of pyridine rings is 2. The van der Waals surface area contributed by atoms with Gasteiger partial charge in [0.25, 0.3) is 11.8 Å². The molecule has 0 aliphatic rings. The molecule has 17 nitrogen and oxygen atoms in total. The van der Waals surface area contributed by atoms with Crippen molar-refractivity contribution in [2.24, 2.45) is 0 Å². The fourth-order valence-corrected chi connectivity index (χ4v) is 7.80. The Kier molecular flexibility index (Phi) is 18.7. The molecule has 78 heavy (non-hydrogen) atoms. The van der Waals surface area contributed by atoms with Crippen molar-refractivity contribution >= 4 is 46.8 Å². The number of furan rings is 3. The van der Waals surface area contributed by atoms with Gasteiger partial charge < -0.3 is 54.1 Å². The molecule has 5 heterocycles. The number of nitrogens with two attached hydrogens (primary N) is 1. The first-order valence-corrected chi connectivity index (χ1v) is 23.4. The summed E-state index contributed by atoms with van der Waals surface area (Å²) in [6, 6.07) is 42.7. The van der Waals surface area contributed by atoms with Crippen molar-refractivity contribution in [2.45, 2.75) is 6.92 Å². The van der Waals surface area contributed by atoms with Crippen molar-refractivity contribution in [2.75, 3.05) is 30.6 Å². The molecule has 0 fully saturated rings. The van der Waals surface area contributed by atoms with Crippen molar-refractivity contribution in [3.05, 3.63) is 229 Å². The third kappa shape index (κ3) is 13.5. The molecule has 10 aromatic rings. The van der Waals surface area contributed by atoms with Crippen LogP contribution in [0.2, 0.25) is 0 Å². The summed E-state index contributed by atoms with van der Waals surface area (Å²) in [5.74, 6) is -1.81. The van der Waals surface area contributed by atoms with E-state index >= 15 is 0 Å². The average molecular weight is 1050 g/mol. The number of carbonyl (C=O) groups excluding carboxylic acids is 5. The minimum Gasteiger partial charge on any atom is -0.545 e. The van der Waals surface area contributed by atoms with Crippen LogP contribution in [0.3, 0.4) is 0 Å². The number of aromatic hydroxyl groups is 1. The summed E-state index contributed by atoms with van der Waals surface area (Å²) in [6.07, 6.45) is 11.3. The van der Waals surface area contributed by atoms with Gasteiger partial charge in [0.15, 0.2) is 0 Å². The third-order valence-electron chi connectivity index (χ3n) is 11.7. The molecule has 384 valence electrons. The van der Waals surface area contributed by atoms with Crippen molar-refractivity contribution in [3.63, 3.8) is 0 Å². The minimum absolute atomic E-state index is 0. The van der Waals surface area contributed by atoms with Gasteiger partial charge in [0.1, 0.15) is 23.0 Å². The van der Waals surface area contributed by atoms with Crippen molar-refractivity contribution in [1.82, 2.24) is 9.97 Å². The number of phenols is 1. The molecule has 0 unspecified atom stereocenters. The van der Waals surface area contributed by atoms with Crippen LogP contribution < -0.4 is 51.0 Å². The zero-order chi connectivity index (χ0) is 54.4. The second kappa shape index (κ2) is 26.1. The summed E-state index contributed by atoms with van der Waals surface area (Å²) in [7, 11) is 2.62. The van der Waals surface area contributed by atoms with Crippen LogP contribution >= 0.6 is 0 Å². The van der Waals surface area contributed by atoms with Gasteiger partial charge in [0, 0.05) is 69.4 Å². The van der Waals surface area contributed by atoms with E-state index in [1.165, 1.54) is 44.7 Å². The second-order valence-electron chi connectivity index (χ2n) is 16.7. The van der Waals surface area contributed by atoms with Crippen LogP contribution in [-0.2, 0) is 9.47 Å². The summed E-state index contributed by atoms with van der Waals surface area (Å²) in [4.78, 5) is 69.3. The normalized spacial score (nSPS) is 10.3. The van der Waals surface area contributed by atoms with Gasteiger partial charge in [-0.05, 0) is 121 Å². The number of ether oxygens (including phenoxy) is 2. The summed E-state index contributed by atoms with van der Waals surface area (Å²) in [6.45, 7) is 1.86. The second-order valence-corrected chi connectivity index (χ2v) is 16.7. The van der Waals surface area contributed by atoms with E-state index in [4.69, 9.17) is 23.7 Å². The Bertz CT molecular complexity index is 3700. The summed E-state index contributed by atoms with van der Waals surface area (Å²) >= 11 is 0. The Morgan fingerprint density at radius 2 is 0.936 bits per heavy atom. The number of carboxylic acids is 1. The molecule has 0 atom stereocenters. The number of nitrogens with zero attached hydrogens (tertiary/aromatic N) is 2. The molecule has 18 heteroatoms. The fraction of sp³-hybridized carbons (Fsp3) is 0.0500. The van der Waals surface area contributed by atoms with E-state index in [-0.39, 0.29) is 63.6 Å². The van der Waals surface area contributed by atoms with Crippen LogP contribution in [0.25, 0.3) is 56.2 Å². The number of anilines is 3. The van der Waals surface area contributed by atoms with Gasteiger partial charge >= 0.3 is 41.5 Å². The Hall–Kier alpha value is -9.81. The van der Waals surface area contributed by atoms with Gasteiger partial charge in [-0.2, -0.15) is 0 Å². The Morgan fingerprint density at radius 1 is 0.500 bits per heavy atom. The number of hydrogen-bond acceptors (Lipinski definition) is 15. The number of hydrogen-bond donors (Lipinski definition) is 4. The maximum absolute atomic E-state index is 13.2.